The van der Waals surface area contributed by atoms with E-state index in [1.807, 2.05) is 4.90 Å². The van der Waals surface area contributed by atoms with Crippen LogP contribution < -0.4 is 10.6 Å². The zero-order chi connectivity index (χ0) is 12.5. The predicted molar refractivity (Wildman–Crippen MR) is 69.0 cm³/mol. The van der Waals surface area contributed by atoms with Crippen LogP contribution in [0.1, 0.15) is 40.0 Å². The molecule has 0 aliphatic carbocycles. The number of urea groups is 1. The van der Waals surface area contributed by atoms with Gasteiger partial charge in [-0.1, -0.05) is 6.92 Å². The van der Waals surface area contributed by atoms with Gasteiger partial charge in [0.1, 0.15) is 0 Å². The fraction of sp³-hybridized carbons (Fsp3) is 0.923. The van der Waals surface area contributed by atoms with Crippen LogP contribution in [-0.4, -0.2) is 42.1 Å². The highest BCUT2D eigenvalue weighted by Crippen LogP contribution is 2.25. The molecule has 2 atom stereocenters. The first-order valence-corrected chi connectivity index (χ1v) is 6.82. The molecule has 2 rings (SSSR count). The molecule has 2 saturated heterocycles. The highest BCUT2D eigenvalue weighted by molar-refractivity contribution is 5.75. The van der Waals surface area contributed by atoms with Gasteiger partial charge < -0.3 is 15.5 Å². The molecule has 0 bridgehead atoms. The molecule has 0 unspecified atom stereocenters. The standard InChI is InChI=1S/C13H25N3O/c1-4-13(2,3)15-12(17)16-8-6-10-5-7-14-11(10)9-16/h10-11,14H,4-9H2,1-3H3,(H,15,17)/t10-,11+/m0/s1. The quantitative estimate of drug-likeness (QED) is 0.768. The van der Waals surface area contributed by atoms with Crippen molar-refractivity contribution in [3.05, 3.63) is 0 Å². The number of likely N-dealkylation sites (tertiary alicyclic amines) is 1. The van der Waals surface area contributed by atoms with Crippen molar-refractivity contribution >= 4 is 6.03 Å². The fourth-order valence-corrected chi connectivity index (χ4v) is 2.67. The number of nitrogens with zero attached hydrogens (tertiary/aromatic N) is 1. The van der Waals surface area contributed by atoms with Gasteiger partial charge in [0.25, 0.3) is 0 Å². The molecule has 0 radical (unpaired) electrons. The van der Waals surface area contributed by atoms with Gasteiger partial charge in [0.2, 0.25) is 0 Å². The number of hydrogen-bond donors (Lipinski definition) is 2. The molecule has 2 heterocycles. The second-order valence-corrected chi connectivity index (χ2v) is 6.01. The van der Waals surface area contributed by atoms with Crippen LogP contribution >= 0.6 is 0 Å². The minimum atomic E-state index is -0.100. The van der Waals surface area contributed by atoms with E-state index in [1.165, 1.54) is 6.42 Å². The largest absolute Gasteiger partial charge is 0.333 e. The monoisotopic (exact) mass is 239 g/mol. The van der Waals surface area contributed by atoms with Crippen LogP contribution in [0.2, 0.25) is 0 Å². The lowest BCUT2D eigenvalue weighted by Crippen LogP contribution is -2.55. The van der Waals surface area contributed by atoms with Crippen molar-refractivity contribution in [2.24, 2.45) is 5.92 Å². The molecule has 2 aliphatic heterocycles. The van der Waals surface area contributed by atoms with Gasteiger partial charge in [-0.2, -0.15) is 0 Å². The van der Waals surface area contributed by atoms with E-state index < -0.39 is 0 Å². The predicted octanol–water partition coefficient (Wildman–Crippen LogP) is 1.57. The molecule has 0 aromatic rings. The van der Waals surface area contributed by atoms with Crippen molar-refractivity contribution in [1.29, 1.82) is 0 Å². The normalized spacial score (nSPS) is 29.0. The minimum Gasteiger partial charge on any atom is -0.333 e. The van der Waals surface area contributed by atoms with E-state index in [0.717, 1.165) is 38.4 Å². The van der Waals surface area contributed by atoms with Crippen LogP contribution in [0.5, 0.6) is 0 Å². The minimum absolute atomic E-state index is 0.100. The average Bonchev–Trinajstić information content (AvgIpc) is 2.75. The van der Waals surface area contributed by atoms with Crippen molar-refractivity contribution in [2.75, 3.05) is 19.6 Å². The van der Waals surface area contributed by atoms with Gasteiger partial charge in [-0.3, -0.25) is 0 Å². The molecular formula is C13H25N3O. The molecule has 98 valence electrons. The molecule has 0 aromatic carbocycles. The highest BCUT2D eigenvalue weighted by Gasteiger charge is 2.35. The molecule has 2 fully saturated rings. The lowest BCUT2D eigenvalue weighted by Gasteiger charge is -2.37. The Hall–Kier alpha value is -0.770. The Morgan fingerprint density at radius 3 is 2.94 bits per heavy atom. The SMILES string of the molecule is CCC(C)(C)NC(=O)N1CC[C@@H]2CCN[C@@H]2C1. The number of piperidine rings is 1. The number of nitrogens with one attached hydrogen (secondary N) is 2. The summed E-state index contributed by atoms with van der Waals surface area (Å²) in [5.74, 6) is 0.790. The van der Waals surface area contributed by atoms with Crippen LogP contribution in [0.25, 0.3) is 0 Å². The molecule has 4 nitrogen and oxygen atoms in total. The lowest BCUT2D eigenvalue weighted by molar-refractivity contribution is 0.153. The molecule has 0 aromatic heterocycles. The summed E-state index contributed by atoms with van der Waals surface area (Å²) in [6.07, 6.45) is 3.38. The number of rotatable bonds is 2. The summed E-state index contributed by atoms with van der Waals surface area (Å²) in [5, 5.41) is 6.61. The first-order valence-electron chi connectivity index (χ1n) is 6.82. The van der Waals surface area contributed by atoms with E-state index in [4.69, 9.17) is 0 Å². The van der Waals surface area contributed by atoms with E-state index in [0.29, 0.717) is 6.04 Å². The van der Waals surface area contributed by atoms with Gasteiger partial charge in [-0.25, -0.2) is 4.79 Å². The summed E-state index contributed by atoms with van der Waals surface area (Å²) in [5.41, 5.74) is -0.100. The first kappa shape index (κ1) is 12.7. The van der Waals surface area contributed by atoms with Crippen molar-refractivity contribution in [2.45, 2.75) is 51.6 Å². The van der Waals surface area contributed by atoms with E-state index in [9.17, 15) is 4.79 Å². The Labute approximate surface area is 104 Å². The summed E-state index contributed by atoms with van der Waals surface area (Å²) in [6, 6.07) is 0.628. The number of fused-ring (bicyclic) bond motifs is 1. The van der Waals surface area contributed by atoms with Crippen LogP contribution in [0, 0.1) is 5.92 Å². The summed E-state index contributed by atoms with van der Waals surface area (Å²) in [7, 11) is 0. The molecule has 0 saturated carbocycles. The zero-order valence-electron chi connectivity index (χ0n) is 11.3. The maximum Gasteiger partial charge on any atom is 0.317 e. The van der Waals surface area contributed by atoms with E-state index in [1.54, 1.807) is 0 Å². The third-order valence-corrected chi connectivity index (χ3v) is 4.29. The van der Waals surface area contributed by atoms with Gasteiger partial charge >= 0.3 is 6.03 Å². The van der Waals surface area contributed by atoms with Gasteiger partial charge in [-0.15, -0.1) is 0 Å². The average molecular weight is 239 g/mol. The van der Waals surface area contributed by atoms with Crippen LogP contribution in [0.3, 0.4) is 0 Å². The zero-order valence-corrected chi connectivity index (χ0v) is 11.3. The molecule has 2 aliphatic rings. The van der Waals surface area contributed by atoms with E-state index in [2.05, 4.69) is 31.4 Å². The van der Waals surface area contributed by atoms with Crippen molar-refractivity contribution in [3.63, 3.8) is 0 Å². The second-order valence-electron chi connectivity index (χ2n) is 6.01. The van der Waals surface area contributed by atoms with Crippen molar-refractivity contribution in [3.8, 4) is 0 Å². The Balaban J connectivity index is 1.88. The Morgan fingerprint density at radius 2 is 2.24 bits per heavy atom. The van der Waals surface area contributed by atoms with Crippen LogP contribution in [-0.2, 0) is 0 Å². The fourth-order valence-electron chi connectivity index (χ4n) is 2.67. The van der Waals surface area contributed by atoms with E-state index in [-0.39, 0.29) is 11.6 Å². The molecule has 2 amide bonds. The van der Waals surface area contributed by atoms with Gasteiger partial charge in [0.15, 0.2) is 0 Å². The summed E-state index contributed by atoms with van der Waals surface area (Å²) >= 11 is 0. The topological polar surface area (TPSA) is 44.4 Å². The third kappa shape index (κ3) is 2.92. The first-order chi connectivity index (χ1) is 8.02. The van der Waals surface area contributed by atoms with Crippen LogP contribution in [0.15, 0.2) is 0 Å². The smallest absolute Gasteiger partial charge is 0.317 e. The summed E-state index contributed by atoms with van der Waals surface area (Å²) in [4.78, 5) is 14.1. The number of carbonyl (C=O) groups excluding carboxylic acids is 1. The molecule has 17 heavy (non-hydrogen) atoms. The maximum absolute atomic E-state index is 12.1. The maximum atomic E-state index is 12.1. The van der Waals surface area contributed by atoms with Gasteiger partial charge in [0.05, 0.1) is 0 Å². The Kier molecular flexibility index (Phi) is 3.61. The van der Waals surface area contributed by atoms with Gasteiger partial charge in [0, 0.05) is 24.7 Å². The van der Waals surface area contributed by atoms with Crippen molar-refractivity contribution in [1.82, 2.24) is 15.5 Å². The second kappa shape index (κ2) is 4.84. The summed E-state index contributed by atoms with van der Waals surface area (Å²) in [6.45, 7) is 9.15. The Morgan fingerprint density at radius 1 is 1.47 bits per heavy atom. The third-order valence-electron chi connectivity index (χ3n) is 4.29. The van der Waals surface area contributed by atoms with Crippen LogP contribution in [0.4, 0.5) is 4.79 Å². The molecule has 4 heteroatoms. The number of carbonyl (C=O) groups is 1. The summed E-state index contributed by atoms with van der Waals surface area (Å²) < 4.78 is 0. The molecular weight excluding hydrogens is 214 g/mol. The molecule has 0 spiro atoms. The lowest BCUT2D eigenvalue weighted by atomic mass is 9.93. The van der Waals surface area contributed by atoms with Crippen molar-refractivity contribution < 1.29 is 4.79 Å². The molecule has 2 N–H and O–H groups in total. The number of hydrogen-bond acceptors (Lipinski definition) is 2. The highest BCUT2D eigenvalue weighted by atomic mass is 16.2. The van der Waals surface area contributed by atoms with E-state index >= 15 is 0 Å². The number of amides is 2. The van der Waals surface area contributed by atoms with Gasteiger partial charge in [-0.05, 0) is 45.6 Å². The Bertz CT molecular complexity index is 290.